The van der Waals surface area contributed by atoms with Crippen LogP contribution in [0.3, 0.4) is 0 Å². The number of carbonyl (C=O) groups excluding carboxylic acids is 1. The maximum atomic E-state index is 13.4. The first-order chi connectivity index (χ1) is 18.2. The molecule has 1 amide bonds. The van der Waals surface area contributed by atoms with E-state index >= 15 is 0 Å². The Morgan fingerprint density at radius 3 is 2.89 bits per heavy atom. The van der Waals surface area contributed by atoms with E-state index in [0.717, 1.165) is 22.8 Å². The number of fused-ring (bicyclic) bond motifs is 4. The number of anilines is 3. The summed E-state index contributed by atoms with van der Waals surface area (Å²) < 4.78 is 17.2. The lowest BCUT2D eigenvalue weighted by atomic mass is 10.1. The molecule has 0 aliphatic carbocycles. The molecule has 3 atom stereocenters. The van der Waals surface area contributed by atoms with Gasteiger partial charge in [0, 0.05) is 42.3 Å². The number of carbonyl (C=O) groups is 1. The minimum Gasteiger partial charge on any atom is -0.491 e. The number of nitrogens with one attached hydrogen (secondary N) is 2. The normalized spacial score (nSPS) is 23.1. The summed E-state index contributed by atoms with van der Waals surface area (Å²) in [5, 5.41) is 6.95. The highest BCUT2D eigenvalue weighted by Gasteiger charge is 2.42. The number of aryl methyl sites for hydroxylation is 1. The topological polar surface area (TPSA) is 111 Å². The van der Waals surface area contributed by atoms with Crippen molar-refractivity contribution in [3.63, 3.8) is 0 Å². The lowest BCUT2D eigenvalue weighted by Crippen LogP contribution is -2.41. The van der Waals surface area contributed by atoms with Gasteiger partial charge in [0.2, 0.25) is 5.91 Å². The van der Waals surface area contributed by atoms with E-state index in [4.69, 9.17) is 30.8 Å². The number of amides is 1. The maximum absolute atomic E-state index is 13.4. The second-order valence-electron chi connectivity index (χ2n) is 10.2. The first kappa shape index (κ1) is 24.8. The number of hydrogen-bond donors (Lipinski definition) is 2. The third-order valence-electron chi connectivity index (χ3n) is 6.87. The van der Waals surface area contributed by atoms with E-state index in [2.05, 4.69) is 25.5 Å². The summed E-state index contributed by atoms with van der Waals surface area (Å²) in [5.74, 6) is 0.987. The van der Waals surface area contributed by atoms with Crippen molar-refractivity contribution in [3.8, 4) is 17.0 Å². The molecule has 2 bridgehead atoms. The van der Waals surface area contributed by atoms with Crippen molar-refractivity contribution in [2.45, 2.75) is 51.2 Å². The lowest BCUT2D eigenvalue weighted by Gasteiger charge is -2.31. The van der Waals surface area contributed by atoms with Gasteiger partial charge in [0.05, 0.1) is 23.0 Å². The van der Waals surface area contributed by atoms with E-state index in [0.29, 0.717) is 48.5 Å². The van der Waals surface area contributed by atoms with Crippen molar-refractivity contribution in [1.29, 1.82) is 0 Å². The summed E-state index contributed by atoms with van der Waals surface area (Å²) in [7, 11) is 0. The molecule has 1 unspecified atom stereocenters. The fraction of sp³-hybridized carbons (Fsp3) is 0.407. The predicted molar refractivity (Wildman–Crippen MR) is 144 cm³/mol. The van der Waals surface area contributed by atoms with Crippen molar-refractivity contribution in [2.24, 2.45) is 0 Å². The molecular weight excluding hydrogens is 508 g/mol. The number of ether oxygens (including phenoxy) is 3. The Morgan fingerprint density at radius 2 is 2.11 bits per heavy atom. The van der Waals surface area contributed by atoms with Crippen LogP contribution < -0.4 is 20.3 Å². The largest absolute Gasteiger partial charge is 0.491 e. The minimum atomic E-state index is -0.604. The zero-order chi connectivity index (χ0) is 26.4. The van der Waals surface area contributed by atoms with E-state index in [9.17, 15) is 4.79 Å². The molecule has 0 spiro atoms. The minimum absolute atomic E-state index is 0.0967. The fourth-order valence-corrected chi connectivity index (χ4v) is 5.42. The average molecular weight is 537 g/mol. The molecule has 38 heavy (non-hydrogen) atoms. The lowest BCUT2D eigenvalue weighted by molar-refractivity contribution is -0.141. The van der Waals surface area contributed by atoms with Crippen molar-refractivity contribution in [2.75, 3.05) is 35.3 Å². The van der Waals surface area contributed by atoms with Crippen LogP contribution >= 0.6 is 11.6 Å². The third-order valence-corrected chi connectivity index (χ3v) is 7.15. The summed E-state index contributed by atoms with van der Waals surface area (Å²) in [6, 6.07) is 8.89. The van der Waals surface area contributed by atoms with E-state index in [1.807, 2.05) is 39.0 Å². The van der Waals surface area contributed by atoms with Gasteiger partial charge in [-0.3, -0.25) is 9.78 Å². The molecular formula is C27H29ClN6O4. The molecule has 3 aliphatic rings. The first-order valence-electron chi connectivity index (χ1n) is 12.6. The van der Waals surface area contributed by atoms with Gasteiger partial charge in [-0.1, -0.05) is 11.6 Å². The van der Waals surface area contributed by atoms with E-state index in [-0.39, 0.29) is 18.1 Å². The molecule has 2 N–H and O–H groups in total. The Morgan fingerprint density at radius 1 is 1.26 bits per heavy atom. The Balaban J connectivity index is 1.15. The highest BCUT2D eigenvalue weighted by molar-refractivity contribution is 6.33. The first-order valence-corrected chi connectivity index (χ1v) is 13.0. The highest BCUT2D eigenvalue weighted by Crippen LogP contribution is 2.42. The molecule has 10 nitrogen and oxygen atoms in total. The number of hydrogen-bond acceptors (Lipinski definition) is 9. The monoisotopic (exact) mass is 536 g/mol. The van der Waals surface area contributed by atoms with Crippen LogP contribution in [0, 0.1) is 6.92 Å². The van der Waals surface area contributed by atoms with Gasteiger partial charge in [-0.05, 0) is 51.5 Å². The molecule has 0 aromatic carbocycles. The average Bonchev–Trinajstić information content (AvgIpc) is 3.42. The molecule has 3 aliphatic heterocycles. The zero-order valence-electron chi connectivity index (χ0n) is 21.4. The second-order valence-corrected chi connectivity index (χ2v) is 10.7. The van der Waals surface area contributed by atoms with Gasteiger partial charge >= 0.3 is 0 Å². The van der Waals surface area contributed by atoms with Crippen molar-refractivity contribution in [1.82, 2.24) is 15.0 Å². The van der Waals surface area contributed by atoms with Crippen LogP contribution in [0.25, 0.3) is 11.3 Å². The zero-order valence-corrected chi connectivity index (χ0v) is 22.2. The SMILES string of the molecule is Cc1cc(-c2nc3c(cc2Cl)N2C[C@H](CC2C(=O)Nc2cc(OC[C@H]4COC(C)(C)O4)ccn2)N3)ccn1. The molecule has 2 fully saturated rings. The predicted octanol–water partition coefficient (Wildman–Crippen LogP) is 4.04. The Bertz CT molecular complexity index is 1390. The van der Waals surface area contributed by atoms with Crippen LogP contribution in [-0.4, -0.2) is 64.6 Å². The summed E-state index contributed by atoms with van der Waals surface area (Å²) in [6.07, 6.45) is 3.83. The van der Waals surface area contributed by atoms with Crippen LogP contribution in [0.4, 0.5) is 17.3 Å². The highest BCUT2D eigenvalue weighted by atomic mass is 35.5. The summed E-state index contributed by atoms with van der Waals surface area (Å²) >= 11 is 6.67. The number of rotatable bonds is 6. The van der Waals surface area contributed by atoms with Crippen molar-refractivity contribution in [3.05, 3.63) is 53.4 Å². The van der Waals surface area contributed by atoms with Gasteiger partial charge in [0.15, 0.2) is 11.6 Å². The van der Waals surface area contributed by atoms with E-state index in [1.165, 1.54) is 0 Å². The quantitative estimate of drug-likeness (QED) is 0.482. The van der Waals surface area contributed by atoms with Gasteiger partial charge in [-0.25, -0.2) is 9.97 Å². The number of pyridine rings is 3. The maximum Gasteiger partial charge on any atom is 0.248 e. The van der Waals surface area contributed by atoms with Crippen molar-refractivity contribution < 1.29 is 19.0 Å². The molecule has 6 rings (SSSR count). The van der Waals surface area contributed by atoms with Crippen LogP contribution in [-0.2, 0) is 14.3 Å². The molecule has 6 heterocycles. The summed E-state index contributed by atoms with van der Waals surface area (Å²) in [4.78, 5) is 28.8. The molecule has 198 valence electrons. The molecule has 3 aromatic heterocycles. The Kier molecular flexibility index (Phi) is 6.33. The van der Waals surface area contributed by atoms with Crippen LogP contribution in [0.2, 0.25) is 5.02 Å². The van der Waals surface area contributed by atoms with Crippen LogP contribution in [0.5, 0.6) is 5.75 Å². The summed E-state index contributed by atoms with van der Waals surface area (Å²) in [6.45, 7) is 7.18. The smallest absolute Gasteiger partial charge is 0.248 e. The van der Waals surface area contributed by atoms with Gasteiger partial charge in [-0.2, -0.15) is 0 Å². The van der Waals surface area contributed by atoms with E-state index in [1.54, 1.807) is 24.5 Å². The van der Waals surface area contributed by atoms with Gasteiger partial charge in [-0.15, -0.1) is 0 Å². The number of nitrogens with zero attached hydrogens (tertiary/aromatic N) is 4. The number of halogens is 1. The van der Waals surface area contributed by atoms with Crippen LogP contribution in [0.1, 0.15) is 26.0 Å². The number of aromatic nitrogens is 3. The molecule has 2 saturated heterocycles. The van der Waals surface area contributed by atoms with Gasteiger partial charge in [0.25, 0.3) is 0 Å². The standard InChI is InChI=1S/C27H29ClN6O4/c1-15-8-16(4-6-29-15)24-20(28)11-21-25(33-24)31-17-9-22(34(21)12-17)26(35)32-23-10-18(5-7-30-23)36-13-19-14-37-27(2,3)38-19/h4-8,10-11,17,19,22H,9,12-14H2,1-3H3,(H,31,33)(H,30,32,35)/t17-,19-,22?/m0/s1. The third kappa shape index (κ3) is 4.99. The molecule has 0 radical (unpaired) electrons. The molecule has 3 aromatic rings. The van der Waals surface area contributed by atoms with Gasteiger partial charge < -0.3 is 29.7 Å². The van der Waals surface area contributed by atoms with E-state index < -0.39 is 11.8 Å². The molecule has 11 heteroatoms. The molecule has 0 saturated carbocycles. The second kappa shape index (κ2) is 9.68. The fourth-order valence-electron chi connectivity index (χ4n) is 5.16. The van der Waals surface area contributed by atoms with Crippen molar-refractivity contribution >= 4 is 34.8 Å². The Labute approximate surface area is 225 Å². The Hall–Kier alpha value is -3.47. The summed E-state index contributed by atoms with van der Waals surface area (Å²) in [5.41, 5.74) is 3.29. The van der Waals surface area contributed by atoms with Gasteiger partial charge in [0.1, 0.15) is 30.3 Å². The van der Waals surface area contributed by atoms with Crippen LogP contribution in [0.15, 0.2) is 42.7 Å².